The van der Waals surface area contributed by atoms with Gasteiger partial charge in [-0.3, -0.25) is 19.3 Å². The topological polar surface area (TPSA) is 64.0 Å². The number of benzene rings is 3. The van der Waals surface area contributed by atoms with E-state index in [1.165, 1.54) is 17.2 Å². The summed E-state index contributed by atoms with van der Waals surface area (Å²) in [6.07, 6.45) is 7.06. The summed E-state index contributed by atoms with van der Waals surface area (Å²) in [5.41, 5.74) is 6.60. The first kappa shape index (κ1) is 28.2. The monoisotopic (exact) mass is 573 g/mol. The smallest absolute Gasteiger partial charge is 0.277 e. The van der Waals surface area contributed by atoms with Crippen LogP contribution in [-0.2, 0) is 24.2 Å². The van der Waals surface area contributed by atoms with Crippen LogP contribution >= 0.6 is 0 Å². The Kier molecular flexibility index (Phi) is 8.24. The molecule has 0 spiro atoms. The lowest BCUT2D eigenvalue weighted by Crippen LogP contribution is -2.56. The largest absolute Gasteiger partial charge is 0.482 e. The molecule has 3 aromatic carbocycles. The van der Waals surface area contributed by atoms with Gasteiger partial charge in [-0.1, -0.05) is 91.5 Å². The molecule has 7 nitrogen and oxygen atoms in total. The van der Waals surface area contributed by atoms with Crippen molar-refractivity contribution in [1.29, 1.82) is 0 Å². The number of pyridine rings is 1. The van der Waals surface area contributed by atoms with Crippen molar-refractivity contribution in [2.24, 2.45) is 0 Å². The van der Waals surface area contributed by atoms with Gasteiger partial charge in [-0.25, -0.2) is 0 Å². The zero-order valence-electron chi connectivity index (χ0n) is 24.2. The molecule has 43 heavy (non-hydrogen) atoms. The van der Waals surface area contributed by atoms with Crippen molar-refractivity contribution in [3.63, 3.8) is 0 Å². The van der Waals surface area contributed by atoms with Gasteiger partial charge in [0.2, 0.25) is 5.43 Å². The number of nitrogens with zero attached hydrogens (tertiary/aromatic N) is 3. The molecule has 0 bridgehead atoms. The fourth-order valence-electron chi connectivity index (χ4n) is 6.09. The summed E-state index contributed by atoms with van der Waals surface area (Å²) in [7, 11) is 0. The molecule has 2 heterocycles. The lowest BCUT2D eigenvalue weighted by Gasteiger charge is -2.44. The molecular weight excluding hydrogens is 538 g/mol. The molecule has 0 radical (unpaired) electrons. The van der Waals surface area contributed by atoms with Crippen molar-refractivity contribution in [2.75, 3.05) is 31.4 Å². The van der Waals surface area contributed by atoms with Gasteiger partial charge < -0.3 is 14.4 Å². The maximum atomic E-state index is 14.1. The Labute approximate surface area is 251 Å². The van der Waals surface area contributed by atoms with Gasteiger partial charge in [0.15, 0.2) is 11.4 Å². The van der Waals surface area contributed by atoms with Crippen LogP contribution in [0.1, 0.15) is 49.9 Å². The minimum Gasteiger partial charge on any atom is -0.482 e. The number of ether oxygens (including phenoxy) is 2. The minimum atomic E-state index is -0.339. The van der Waals surface area contributed by atoms with Gasteiger partial charge in [-0.2, -0.15) is 0 Å². The van der Waals surface area contributed by atoms with Crippen LogP contribution in [0.25, 0.3) is 6.08 Å². The third kappa shape index (κ3) is 5.51. The predicted octanol–water partition coefficient (Wildman–Crippen LogP) is 5.51. The van der Waals surface area contributed by atoms with Crippen LogP contribution in [-0.4, -0.2) is 41.9 Å². The van der Waals surface area contributed by atoms with Crippen molar-refractivity contribution in [3.05, 3.63) is 154 Å². The average Bonchev–Trinajstić information content (AvgIpc) is 3.21. The summed E-state index contributed by atoms with van der Waals surface area (Å²) < 4.78 is 13.7. The van der Waals surface area contributed by atoms with Crippen LogP contribution in [0, 0.1) is 0 Å². The van der Waals surface area contributed by atoms with E-state index < -0.39 is 0 Å². The predicted molar refractivity (Wildman–Crippen MR) is 169 cm³/mol. The van der Waals surface area contributed by atoms with E-state index in [1.807, 2.05) is 41.1 Å². The Morgan fingerprint density at radius 2 is 1.65 bits per heavy atom. The van der Waals surface area contributed by atoms with E-state index in [1.54, 1.807) is 17.2 Å². The number of carbonyl (C=O) groups excluding carboxylic acids is 1. The Morgan fingerprint density at radius 1 is 0.884 bits per heavy atom. The molecule has 1 aliphatic carbocycles. The second-order valence-electron chi connectivity index (χ2n) is 10.7. The Bertz CT molecular complexity index is 1710. The number of amides is 1. The van der Waals surface area contributed by atoms with Crippen LogP contribution < -0.4 is 15.2 Å². The number of aromatic nitrogens is 1. The minimum absolute atomic E-state index is 0.0391. The summed E-state index contributed by atoms with van der Waals surface area (Å²) in [4.78, 5) is 29.2. The summed E-state index contributed by atoms with van der Waals surface area (Å²) >= 11 is 0. The summed E-state index contributed by atoms with van der Waals surface area (Å²) in [5.74, 6) is -0.240. The lowest BCUT2D eigenvalue weighted by molar-refractivity contribution is 0.0588. The Hall–Kier alpha value is -4.88. The maximum absolute atomic E-state index is 14.1. The first-order chi connectivity index (χ1) is 21.1. The van der Waals surface area contributed by atoms with Gasteiger partial charge in [0.1, 0.15) is 13.3 Å². The molecule has 1 unspecified atom stereocenters. The normalized spacial score (nSPS) is 15.6. The van der Waals surface area contributed by atoms with Gasteiger partial charge in [-0.15, -0.1) is 6.58 Å². The van der Waals surface area contributed by atoms with Gasteiger partial charge in [-0.05, 0) is 46.2 Å². The summed E-state index contributed by atoms with van der Waals surface area (Å²) in [6.45, 7) is 9.37. The summed E-state index contributed by atoms with van der Waals surface area (Å²) in [5, 5.41) is 2.16. The van der Waals surface area contributed by atoms with Gasteiger partial charge >= 0.3 is 0 Å². The molecular formula is C36H35N3O4. The maximum Gasteiger partial charge on any atom is 0.277 e. The number of rotatable bonds is 10. The van der Waals surface area contributed by atoms with Crippen LogP contribution in [0.15, 0.2) is 109 Å². The molecule has 0 saturated carbocycles. The van der Waals surface area contributed by atoms with Crippen molar-refractivity contribution in [1.82, 2.24) is 9.58 Å². The van der Waals surface area contributed by atoms with E-state index in [2.05, 4.69) is 60.6 Å². The number of hydrogen-bond acceptors (Lipinski definition) is 5. The molecule has 0 fully saturated rings. The molecule has 1 amide bonds. The molecule has 1 aromatic heterocycles. The molecule has 2 aliphatic rings. The Morgan fingerprint density at radius 3 is 2.47 bits per heavy atom. The van der Waals surface area contributed by atoms with E-state index in [9.17, 15) is 9.59 Å². The average molecular weight is 574 g/mol. The van der Waals surface area contributed by atoms with Crippen molar-refractivity contribution in [2.45, 2.75) is 25.5 Å². The number of fused-ring (bicyclic) bond motifs is 3. The highest BCUT2D eigenvalue weighted by atomic mass is 16.5. The van der Waals surface area contributed by atoms with Crippen LogP contribution in [0.3, 0.4) is 0 Å². The zero-order valence-corrected chi connectivity index (χ0v) is 24.2. The highest BCUT2D eigenvalue weighted by molar-refractivity contribution is 5.96. The molecule has 7 heteroatoms. The molecule has 4 aromatic rings. The zero-order chi connectivity index (χ0) is 29.8. The second-order valence-corrected chi connectivity index (χ2v) is 10.7. The third-order valence-electron chi connectivity index (χ3n) is 8.12. The lowest BCUT2D eigenvalue weighted by atomic mass is 9.90. The molecule has 0 N–H and O–H groups in total. The van der Waals surface area contributed by atoms with E-state index in [-0.39, 0.29) is 42.1 Å². The van der Waals surface area contributed by atoms with Crippen molar-refractivity contribution < 1.29 is 14.3 Å². The van der Waals surface area contributed by atoms with E-state index >= 15 is 0 Å². The van der Waals surface area contributed by atoms with Crippen molar-refractivity contribution in [3.8, 4) is 5.75 Å². The number of carbonyl (C=O) groups is 1. The van der Waals surface area contributed by atoms with E-state index in [0.29, 0.717) is 19.8 Å². The molecule has 1 aliphatic heterocycles. The van der Waals surface area contributed by atoms with Crippen LogP contribution in [0.2, 0.25) is 0 Å². The fraction of sp³-hybridized carbons (Fsp3) is 0.222. The number of aryl methyl sites for hydroxylation is 2. The molecule has 6 rings (SSSR count). The molecule has 1 atom stereocenters. The first-order valence-electron chi connectivity index (χ1n) is 14.6. The summed E-state index contributed by atoms with van der Waals surface area (Å²) in [6, 6.07) is 25.7. The SMILES string of the molecule is C=CCOCCN1CN(C2c3ccccc3CCc3cccc(C=C)c32)n2ccc(=O)c(OCc3ccccc3)c2C1=O. The highest BCUT2D eigenvalue weighted by Crippen LogP contribution is 2.40. The van der Waals surface area contributed by atoms with Crippen LogP contribution in [0.5, 0.6) is 5.75 Å². The first-order valence-corrected chi connectivity index (χ1v) is 14.6. The van der Waals surface area contributed by atoms with E-state index in [4.69, 9.17) is 9.47 Å². The Balaban J connectivity index is 1.52. The van der Waals surface area contributed by atoms with Crippen molar-refractivity contribution >= 4 is 12.0 Å². The highest BCUT2D eigenvalue weighted by Gasteiger charge is 2.39. The second kappa shape index (κ2) is 12.5. The third-order valence-corrected chi connectivity index (χ3v) is 8.12. The van der Waals surface area contributed by atoms with Crippen LogP contribution in [0.4, 0.5) is 0 Å². The number of hydrogen-bond donors (Lipinski definition) is 0. The fourth-order valence-corrected chi connectivity index (χ4v) is 6.09. The van der Waals surface area contributed by atoms with Gasteiger partial charge in [0.05, 0.1) is 19.3 Å². The van der Waals surface area contributed by atoms with E-state index in [0.717, 1.165) is 35.1 Å². The molecule has 0 saturated heterocycles. The quantitative estimate of drug-likeness (QED) is 0.185. The standard InChI is InChI=1S/C36H35N3O4/c1-3-22-42-23-21-37-25-39(33-30-16-9-8-13-28(30)17-18-29-15-10-14-27(4-2)32(29)33)38-20-19-31(40)35(34(38)36(37)41)43-24-26-11-6-5-7-12-26/h3-16,19-20,33H,1-2,17-18,21-25H2. The van der Waals surface area contributed by atoms with Gasteiger partial charge in [0, 0.05) is 18.8 Å². The molecule has 218 valence electrons. The van der Waals surface area contributed by atoms with Gasteiger partial charge in [0.25, 0.3) is 5.91 Å².